The van der Waals surface area contributed by atoms with Gasteiger partial charge in [-0.2, -0.15) is 12.6 Å². The molecule has 0 amide bonds. The molecule has 0 heterocycles. The Morgan fingerprint density at radius 1 is 0.912 bits per heavy atom. The van der Waals surface area contributed by atoms with Crippen LogP contribution in [-0.4, -0.2) is 40.8 Å². The first-order chi connectivity index (χ1) is 16.0. The van der Waals surface area contributed by atoms with Gasteiger partial charge < -0.3 is 19.7 Å². The zero-order chi connectivity index (χ0) is 24.7. The highest BCUT2D eigenvalue weighted by molar-refractivity contribution is 7.80. The molecular formula is C29H52O4S. The van der Waals surface area contributed by atoms with Gasteiger partial charge in [0.15, 0.2) is 12.6 Å². The van der Waals surface area contributed by atoms with E-state index in [-0.39, 0.29) is 11.4 Å². The summed E-state index contributed by atoms with van der Waals surface area (Å²) in [4.78, 5) is 0. The van der Waals surface area contributed by atoms with Crippen molar-refractivity contribution >= 4 is 12.6 Å². The summed E-state index contributed by atoms with van der Waals surface area (Å²) in [7, 11) is 0. The quantitative estimate of drug-likeness (QED) is 0.254. The van der Waals surface area contributed by atoms with Crippen LogP contribution in [0.15, 0.2) is 0 Å². The molecule has 2 N–H and O–H groups in total. The third-order valence-corrected chi connectivity index (χ3v) is 11.3. The summed E-state index contributed by atoms with van der Waals surface area (Å²) in [6.45, 7) is 12.0. The fourth-order valence-electron chi connectivity index (χ4n) is 9.42. The van der Waals surface area contributed by atoms with Crippen LogP contribution < -0.4 is 0 Å². The third kappa shape index (κ3) is 5.39. The van der Waals surface area contributed by atoms with Crippen LogP contribution in [0.3, 0.4) is 0 Å². The number of hydrogen-bond donors (Lipinski definition) is 3. The smallest absolute Gasteiger partial charge is 0.157 e. The van der Waals surface area contributed by atoms with E-state index in [1.165, 1.54) is 44.9 Å². The van der Waals surface area contributed by atoms with Gasteiger partial charge in [0.2, 0.25) is 0 Å². The Labute approximate surface area is 214 Å². The molecular weight excluding hydrogens is 444 g/mol. The second kappa shape index (κ2) is 10.9. The first-order valence-corrected chi connectivity index (χ1v) is 14.9. The van der Waals surface area contributed by atoms with Crippen molar-refractivity contribution in [3.05, 3.63) is 0 Å². The van der Waals surface area contributed by atoms with Crippen LogP contribution in [0, 0.1) is 46.3 Å². The Balaban J connectivity index is 1.33. The van der Waals surface area contributed by atoms with Gasteiger partial charge >= 0.3 is 0 Å². The van der Waals surface area contributed by atoms with E-state index >= 15 is 0 Å². The molecule has 0 aliphatic heterocycles. The van der Waals surface area contributed by atoms with Crippen molar-refractivity contribution in [1.82, 2.24) is 0 Å². The molecule has 4 aliphatic carbocycles. The SMILES string of the molecule is CC(S)COC(C)OC(O)CCC(C)C1CCC2C3CCC4CC(O)CCC4(C)C3CCC12C. The van der Waals surface area contributed by atoms with Crippen LogP contribution in [0.1, 0.15) is 105 Å². The normalized spacial score (nSPS) is 45.5. The van der Waals surface area contributed by atoms with Crippen LogP contribution in [0.25, 0.3) is 0 Å². The van der Waals surface area contributed by atoms with Gasteiger partial charge in [0, 0.05) is 5.25 Å². The summed E-state index contributed by atoms with van der Waals surface area (Å²) in [5, 5.41) is 20.9. The number of aliphatic hydroxyl groups excluding tert-OH is 2. The van der Waals surface area contributed by atoms with E-state index in [1.54, 1.807) is 0 Å². The van der Waals surface area contributed by atoms with E-state index in [4.69, 9.17) is 9.47 Å². The summed E-state index contributed by atoms with van der Waals surface area (Å²) in [6, 6.07) is 0. The molecule has 12 atom stereocenters. The summed E-state index contributed by atoms with van der Waals surface area (Å²) in [5.41, 5.74) is 0.904. The molecule has 0 aromatic carbocycles. The van der Waals surface area contributed by atoms with E-state index in [9.17, 15) is 10.2 Å². The van der Waals surface area contributed by atoms with Gasteiger partial charge in [0.05, 0.1) is 12.7 Å². The van der Waals surface area contributed by atoms with Crippen molar-refractivity contribution in [3.8, 4) is 0 Å². The summed E-state index contributed by atoms with van der Waals surface area (Å²) in [5.74, 6) is 4.71. The molecule has 0 bridgehead atoms. The van der Waals surface area contributed by atoms with Crippen molar-refractivity contribution < 1.29 is 19.7 Å². The fraction of sp³-hybridized carbons (Fsp3) is 1.00. The Morgan fingerprint density at radius 3 is 2.35 bits per heavy atom. The lowest BCUT2D eigenvalue weighted by Gasteiger charge is -2.61. The van der Waals surface area contributed by atoms with Gasteiger partial charge in [-0.05, 0) is 124 Å². The molecule has 4 fully saturated rings. The van der Waals surface area contributed by atoms with Crippen molar-refractivity contribution in [2.24, 2.45) is 46.3 Å². The topological polar surface area (TPSA) is 58.9 Å². The van der Waals surface area contributed by atoms with E-state index < -0.39 is 12.6 Å². The maximum Gasteiger partial charge on any atom is 0.157 e. The lowest BCUT2D eigenvalue weighted by molar-refractivity contribution is -0.222. The molecule has 4 nitrogen and oxygen atoms in total. The largest absolute Gasteiger partial charge is 0.393 e. The number of ether oxygens (including phenoxy) is 2. The summed E-state index contributed by atoms with van der Waals surface area (Å²) in [6.07, 6.45) is 12.0. The minimum absolute atomic E-state index is 0.0550. The molecule has 198 valence electrons. The Hall–Kier alpha value is 0.190. The average Bonchev–Trinajstić information content (AvgIpc) is 3.14. The van der Waals surface area contributed by atoms with Crippen molar-refractivity contribution in [2.45, 2.75) is 129 Å². The van der Waals surface area contributed by atoms with Crippen molar-refractivity contribution in [3.63, 3.8) is 0 Å². The molecule has 12 unspecified atom stereocenters. The van der Waals surface area contributed by atoms with Crippen LogP contribution >= 0.6 is 12.6 Å². The average molecular weight is 497 g/mol. The highest BCUT2D eigenvalue weighted by Crippen LogP contribution is 2.68. The molecule has 0 aromatic rings. The van der Waals surface area contributed by atoms with Crippen LogP contribution in [0.5, 0.6) is 0 Å². The molecule has 5 heteroatoms. The number of fused-ring (bicyclic) bond motifs is 5. The Morgan fingerprint density at radius 2 is 1.62 bits per heavy atom. The van der Waals surface area contributed by atoms with E-state index in [1.807, 2.05) is 13.8 Å². The van der Waals surface area contributed by atoms with Gasteiger partial charge in [0.1, 0.15) is 0 Å². The van der Waals surface area contributed by atoms with E-state index in [2.05, 4.69) is 33.4 Å². The molecule has 4 rings (SSSR count). The zero-order valence-corrected chi connectivity index (χ0v) is 23.3. The lowest BCUT2D eigenvalue weighted by Crippen LogP contribution is -2.54. The summed E-state index contributed by atoms with van der Waals surface area (Å²) >= 11 is 4.33. The van der Waals surface area contributed by atoms with Gasteiger partial charge in [-0.3, -0.25) is 0 Å². The first-order valence-electron chi connectivity index (χ1n) is 14.4. The number of rotatable bonds is 9. The zero-order valence-electron chi connectivity index (χ0n) is 22.4. The van der Waals surface area contributed by atoms with Crippen LogP contribution in [-0.2, 0) is 9.47 Å². The van der Waals surface area contributed by atoms with Gasteiger partial charge in [-0.1, -0.05) is 27.7 Å². The van der Waals surface area contributed by atoms with Crippen LogP contribution in [0.2, 0.25) is 0 Å². The van der Waals surface area contributed by atoms with Gasteiger partial charge in [-0.15, -0.1) is 0 Å². The molecule has 0 radical (unpaired) electrons. The molecule has 4 saturated carbocycles. The molecule has 0 saturated heterocycles. The maximum absolute atomic E-state index is 10.4. The molecule has 0 spiro atoms. The van der Waals surface area contributed by atoms with Crippen molar-refractivity contribution in [1.29, 1.82) is 0 Å². The Bertz CT molecular complexity index is 673. The molecule has 4 aliphatic rings. The standard InChI is InChI=1S/C29H52O4S/c1-18(6-11-27(31)33-20(3)32-17-19(2)34)24-9-10-25-23-8-7-21-16-22(30)12-14-28(21,4)26(23)13-15-29(24,25)5/h18-27,30-31,34H,6-17H2,1-5H3. The Kier molecular flexibility index (Phi) is 8.72. The van der Waals surface area contributed by atoms with Gasteiger partial charge in [0.25, 0.3) is 0 Å². The highest BCUT2D eigenvalue weighted by atomic mass is 32.1. The van der Waals surface area contributed by atoms with Crippen LogP contribution in [0.4, 0.5) is 0 Å². The molecule has 0 aromatic heterocycles. The maximum atomic E-state index is 10.4. The second-order valence-corrected chi connectivity index (χ2v) is 14.1. The van der Waals surface area contributed by atoms with Crippen molar-refractivity contribution in [2.75, 3.05) is 6.61 Å². The van der Waals surface area contributed by atoms with E-state index in [0.29, 0.717) is 29.8 Å². The fourth-order valence-corrected chi connectivity index (χ4v) is 9.51. The summed E-state index contributed by atoms with van der Waals surface area (Å²) < 4.78 is 11.3. The number of aliphatic hydroxyl groups is 2. The first kappa shape index (κ1) is 27.2. The highest BCUT2D eigenvalue weighted by Gasteiger charge is 2.60. The molecule has 34 heavy (non-hydrogen) atoms. The van der Waals surface area contributed by atoms with Gasteiger partial charge in [-0.25, -0.2) is 0 Å². The second-order valence-electron chi connectivity index (χ2n) is 13.2. The predicted octanol–water partition coefficient (Wildman–Crippen LogP) is 6.44. The minimum Gasteiger partial charge on any atom is -0.393 e. The lowest BCUT2D eigenvalue weighted by atomic mass is 9.44. The third-order valence-electron chi connectivity index (χ3n) is 11.2. The monoisotopic (exact) mass is 496 g/mol. The number of thiol groups is 1. The predicted molar refractivity (Wildman–Crippen MR) is 141 cm³/mol. The minimum atomic E-state index is -0.759. The number of hydrogen-bond acceptors (Lipinski definition) is 5. The van der Waals surface area contributed by atoms with E-state index in [0.717, 1.165) is 48.9 Å².